The minimum Gasteiger partial charge on any atom is -0.370 e. The molecule has 0 spiro atoms. The number of nitrogens with zero attached hydrogens (tertiary/aromatic N) is 1. The molecule has 0 radical (unpaired) electrons. The second kappa shape index (κ2) is 7.28. The van der Waals surface area contributed by atoms with Crippen LogP contribution in [0, 0.1) is 0 Å². The summed E-state index contributed by atoms with van der Waals surface area (Å²) in [5.74, 6) is -0.539. The molecule has 2 aromatic rings. The van der Waals surface area contributed by atoms with Crippen molar-refractivity contribution in [1.29, 1.82) is 0 Å². The SMILES string of the molecule is CCc1ccc(S(=O)(=O)N(CCC(N)=O)c2ccccc2)cc1. The van der Waals surface area contributed by atoms with Crippen LogP contribution in [0.4, 0.5) is 5.69 Å². The summed E-state index contributed by atoms with van der Waals surface area (Å²) in [4.78, 5) is 11.3. The highest BCUT2D eigenvalue weighted by atomic mass is 32.2. The molecule has 0 aromatic heterocycles. The molecule has 122 valence electrons. The van der Waals surface area contributed by atoms with Gasteiger partial charge in [-0.1, -0.05) is 37.3 Å². The molecule has 0 saturated carbocycles. The maximum Gasteiger partial charge on any atom is 0.264 e. The molecule has 5 nitrogen and oxygen atoms in total. The zero-order valence-corrected chi connectivity index (χ0v) is 13.8. The number of rotatable bonds is 7. The summed E-state index contributed by atoms with van der Waals surface area (Å²) in [6.45, 7) is 2.02. The number of amides is 1. The van der Waals surface area contributed by atoms with Gasteiger partial charge >= 0.3 is 0 Å². The Labute approximate surface area is 136 Å². The first-order valence-electron chi connectivity index (χ1n) is 7.40. The lowest BCUT2D eigenvalue weighted by atomic mass is 10.2. The predicted octanol–water partition coefficient (Wildman–Crippen LogP) is 2.32. The fraction of sp³-hybridized carbons (Fsp3) is 0.235. The third-order valence-corrected chi connectivity index (χ3v) is 5.37. The van der Waals surface area contributed by atoms with Crippen molar-refractivity contribution in [1.82, 2.24) is 0 Å². The molecule has 0 bridgehead atoms. The third kappa shape index (κ3) is 4.10. The molecule has 2 N–H and O–H groups in total. The second-order valence-electron chi connectivity index (χ2n) is 5.13. The Balaban J connectivity index is 2.41. The van der Waals surface area contributed by atoms with Crippen molar-refractivity contribution in [3.05, 3.63) is 60.2 Å². The van der Waals surface area contributed by atoms with E-state index in [-0.39, 0.29) is 17.9 Å². The highest BCUT2D eigenvalue weighted by Crippen LogP contribution is 2.24. The summed E-state index contributed by atoms with van der Waals surface area (Å²) < 4.78 is 27.1. The number of nitrogens with two attached hydrogens (primary N) is 1. The zero-order chi connectivity index (χ0) is 16.9. The topological polar surface area (TPSA) is 80.5 Å². The lowest BCUT2D eigenvalue weighted by Crippen LogP contribution is -2.34. The number of primary amides is 1. The Morgan fingerprint density at radius 1 is 1.04 bits per heavy atom. The second-order valence-corrected chi connectivity index (χ2v) is 6.99. The molecule has 0 aliphatic carbocycles. The van der Waals surface area contributed by atoms with Gasteiger partial charge in [0.1, 0.15) is 0 Å². The Kier molecular flexibility index (Phi) is 5.39. The highest BCUT2D eigenvalue weighted by molar-refractivity contribution is 7.92. The summed E-state index contributed by atoms with van der Waals surface area (Å²) >= 11 is 0. The monoisotopic (exact) mass is 332 g/mol. The molecule has 2 rings (SSSR count). The van der Waals surface area contributed by atoms with E-state index < -0.39 is 15.9 Å². The molecule has 6 heteroatoms. The number of hydrogen-bond donors (Lipinski definition) is 1. The molecule has 1 amide bonds. The minimum absolute atomic E-state index is 0.0111. The van der Waals surface area contributed by atoms with Gasteiger partial charge in [-0.15, -0.1) is 0 Å². The number of anilines is 1. The maximum absolute atomic E-state index is 12.9. The number of hydrogen-bond acceptors (Lipinski definition) is 3. The first-order valence-corrected chi connectivity index (χ1v) is 8.84. The van der Waals surface area contributed by atoms with Crippen molar-refractivity contribution in [2.24, 2.45) is 5.73 Å². The quantitative estimate of drug-likeness (QED) is 0.845. The number of sulfonamides is 1. The molecule has 0 aliphatic rings. The lowest BCUT2D eigenvalue weighted by Gasteiger charge is -2.24. The van der Waals surface area contributed by atoms with Crippen molar-refractivity contribution in [2.45, 2.75) is 24.7 Å². The van der Waals surface area contributed by atoms with Crippen LogP contribution in [0.2, 0.25) is 0 Å². The number of benzene rings is 2. The number of aryl methyl sites for hydroxylation is 1. The average Bonchev–Trinajstić information content (AvgIpc) is 2.55. The Bertz CT molecular complexity index is 756. The van der Waals surface area contributed by atoms with Crippen molar-refractivity contribution >= 4 is 21.6 Å². The van der Waals surface area contributed by atoms with Gasteiger partial charge in [-0.25, -0.2) is 8.42 Å². The zero-order valence-electron chi connectivity index (χ0n) is 13.0. The van der Waals surface area contributed by atoms with Crippen LogP contribution in [0.25, 0.3) is 0 Å². The van der Waals surface area contributed by atoms with Crippen LogP contribution in [0.1, 0.15) is 18.9 Å². The Hall–Kier alpha value is -2.34. The van der Waals surface area contributed by atoms with E-state index in [1.807, 2.05) is 6.92 Å². The van der Waals surface area contributed by atoms with Crippen molar-refractivity contribution in [2.75, 3.05) is 10.8 Å². The van der Waals surface area contributed by atoms with Crippen molar-refractivity contribution in [3.63, 3.8) is 0 Å². The summed E-state index contributed by atoms with van der Waals surface area (Å²) in [5.41, 5.74) is 6.75. The van der Waals surface area contributed by atoms with Gasteiger partial charge in [0.25, 0.3) is 10.0 Å². The molecular formula is C17H20N2O3S. The van der Waals surface area contributed by atoms with E-state index >= 15 is 0 Å². The van der Waals surface area contributed by atoms with Crippen LogP contribution < -0.4 is 10.0 Å². The van der Waals surface area contributed by atoms with E-state index in [1.165, 1.54) is 4.31 Å². The van der Waals surface area contributed by atoms with Crippen LogP contribution in [0.3, 0.4) is 0 Å². The van der Waals surface area contributed by atoms with E-state index in [9.17, 15) is 13.2 Å². The average molecular weight is 332 g/mol. The molecule has 2 aromatic carbocycles. The van der Waals surface area contributed by atoms with E-state index in [0.29, 0.717) is 5.69 Å². The van der Waals surface area contributed by atoms with Crippen LogP contribution in [-0.2, 0) is 21.2 Å². The first kappa shape index (κ1) is 17.0. The summed E-state index contributed by atoms with van der Waals surface area (Å²) in [6, 6.07) is 15.5. The van der Waals surface area contributed by atoms with Crippen molar-refractivity contribution in [3.8, 4) is 0 Å². The van der Waals surface area contributed by atoms with Gasteiger partial charge in [0.15, 0.2) is 0 Å². The van der Waals surface area contributed by atoms with Crippen LogP contribution in [0.5, 0.6) is 0 Å². The smallest absolute Gasteiger partial charge is 0.264 e. The van der Waals surface area contributed by atoms with E-state index in [2.05, 4.69) is 0 Å². The molecule has 0 unspecified atom stereocenters. The van der Waals surface area contributed by atoms with Gasteiger partial charge in [-0.05, 0) is 36.2 Å². The minimum atomic E-state index is -3.75. The van der Waals surface area contributed by atoms with Gasteiger partial charge in [-0.2, -0.15) is 0 Å². The molecule has 0 fully saturated rings. The summed E-state index contributed by atoms with van der Waals surface area (Å²) in [6.07, 6.45) is 0.797. The van der Waals surface area contributed by atoms with E-state index in [0.717, 1.165) is 12.0 Å². The fourth-order valence-corrected chi connectivity index (χ4v) is 3.68. The predicted molar refractivity (Wildman–Crippen MR) is 90.6 cm³/mol. The van der Waals surface area contributed by atoms with Crippen LogP contribution >= 0.6 is 0 Å². The van der Waals surface area contributed by atoms with Crippen molar-refractivity contribution < 1.29 is 13.2 Å². The lowest BCUT2D eigenvalue weighted by molar-refractivity contribution is -0.117. The van der Waals surface area contributed by atoms with E-state index in [4.69, 9.17) is 5.73 Å². The van der Waals surface area contributed by atoms with Gasteiger partial charge in [-0.3, -0.25) is 9.10 Å². The van der Waals surface area contributed by atoms with Gasteiger partial charge in [0.2, 0.25) is 5.91 Å². The number of carbonyl (C=O) groups excluding carboxylic acids is 1. The third-order valence-electron chi connectivity index (χ3n) is 3.53. The largest absolute Gasteiger partial charge is 0.370 e. The number of para-hydroxylation sites is 1. The fourth-order valence-electron chi connectivity index (χ4n) is 2.22. The Morgan fingerprint density at radius 3 is 2.17 bits per heavy atom. The first-order chi connectivity index (χ1) is 10.9. The maximum atomic E-state index is 12.9. The normalized spacial score (nSPS) is 11.2. The van der Waals surface area contributed by atoms with Crippen LogP contribution in [0.15, 0.2) is 59.5 Å². The van der Waals surface area contributed by atoms with Gasteiger partial charge < -0.3 is 5.73 Å². The molecule has 0 heterocycles. The van der Waals surface area contributed by atoms with Gasteiger partial charge in [0, 0.05) is 13.0 Å². The van der Waals surface area contributed by atoms with Gasteiger partial charge in [0.05, 0.1) is 10.6 Å². The number of carbonyl (C=O) groups is 1. The molecule has 0 atom stereocenters. The van der Waals surface area contributed by atoms with E-state index in [1.54, 1.807) is 54.6 Å². The molecule has 23 heavy (non-hydrogen) atoms. The molecule has 0 aliphatic heterocycles. The highest BCUT2D eigenvalue weighted by Gasteiger charge is 2.25. The standard InChI is InChI=1S/C17H20N2O3S/c1-2-14-8-10-16(11-9-14)23(21,22)19(13-12-17(18)20)15-6-4-3-5-7-15/h3-11H,2,12-13H2,1H3,(H2,18,20). The molecule has 0 saturated heterocycles. The summed E-state index contributed by atoms with van der Waals surface area (Å²) in [7, 11) is -3.75. The summed E-state index contributed by atoms with van der Waals surface area (Å²) in [5, 5.41) is 0. The Morgan fingerprint density at radius 2 is 1.65 bits per heavy atom. The van der Waals surface area contributed by atoms with Crippen LogP contribution in [-0.4, -0.2) is 20.9 Å². The molecular weight excluding hydrogens is 312 g/mol.